The summed E-state index contributed by atoms with van der Waals surface area (Å²) in [5, 5.41) is 5.31. The molecule has 28 heavy (non-hydrogen) atoms. The van der Waals surface area contributed by atoms with Gasteiger partial charge in [-0.1, -0.05) is 12.1 Å². The van der Waals surface area contributed by atoms with Gasteiger partial charge in [-0.2, -0.15) is 0 Å². The van der Waals surface area contributed by atoms with Crippen LogP contribution in [-0.4, -0.2) is 42.1 Å². The zero-order chi connectivity index (χ0) is 20.4. The van der Waals surface area contributed by atoms with E-state index in [2.05, 4.69) is 17.2 Å². The first-order valence-corrected chi connectivity index (χ1v) is 8.63. The van der Waals surface area contributed by atoms with Crippen LogP contribution in [0.5, 0.6) is 0 Å². The van der Waals surface area contributed by atoms with Crippen molar-refractivity contribution < 1.29 is 19.2 Å². The van der Waals surface area contributed by atoms with Crippen LogP contribution in [0.2, 0.25) is 0 Å². The molecule has 0 aromatic heterocycles. The summed E-state index contributed by atoms with van der Waals surface area (Å²) in [5.74, 6) is -1.55. The molecule has 0 radical (unpaired) electrons. The van der Waals surface area contributed by atoms with E-state index >= 15 is 0 Å². The number of hydrogen-bond acceptors (Lipinski definition) is 4. The first-order valence-electron chi connectivity index (χ1n) is 8.63. The van der Waals surface area contributed by atoms with E-state index in [1.54, 1.807) is 25.1 Å². The molecule has 7 heteroatoms. The Morgan fingerprint density at radius 2 is 1.79 bits per heavy atom. The van der Waals surface area contributed by atoms with E-state index in [1.165, 1.54) is 31.3 Å². The SMILES string of the molecule is C=CCN1C(=O)c2ccc(C(=O)Nc3cccc(C(=O)NC)c3C)cc2C1=O. The Labute approximate surface area is 162 Å². The number of carbonyl (C=O) groups is 4. The van der Waals surface area contributed by atoms with Gasteiger partial charge in [0, 0.05) is 30.4 Å². The summed E-state index contributed by atoms with van der Waals surface area (Å²) in [6.07, 6.45) is 1.47. The van der Waals surface area contributed by atoms with Crippen molar-refractivity contribution in [3.8, 4) is 0 Å². The maximum Gasteiger partial charge on any atom is 0.261 e. The highest BCUT2D eigenvalue weighted by Gasteiger charge is 2.35. The predicted octanol–water partition coefficient (Wildman–Crippen LogP) is 2.39. The fraction of sp³-hybridized carbons (Fsp3) is 0.143. The lowest BCUT2D eigenvalue weighted by Gasteiger charge is -2.12. The Morgan fingerprint density at radius 3 is 2.46 bits per heavy atom. The smallest absolute Gasteiger partial charge is 0.261 e. The predicted molar refractivity (Wildman–Crippen MR) is 105 cm³/mol. The molecule has 3 rings (SSSR count). The minimum Gasteiger partial charge on any atom is -0.355 e. The van der Waals surface area contributed by atoms with Crippen molar-refractivity contribution >= 4 is 29.3 Å². The van der Waals surface area contributed by atoms with Crippen molar-refractivity contribution in [3.63, 3.8) is 0 Å². The summed E-state index contributed by atoms with van der Waals surface area (Å²) in [6, 6.07) is 9.40. The number of amides is 4. The molecule has 0 saturated heterocycles. The van der Waals surface area contributed by atoms with Gasteiger partial charge in [-0.15, -0.1) is 6.58 Å². The van der Waals surface area contributed by atoms with Crippen LogP contribution in [0.25, 0.3) is 0 Å². The molecule has 1 aliphatic heterocycles. The number of nitrogens with one attached hydrogen (secondary N) is 2. The summed E-state index contributed by atoms with van der Waals surface area (Å²) >= 11 is 0. The molecule has 0 fully saturated rings. The topological polar surface area (TPSA) is 95.6 Å². The quantitative estimate of drug-likeness (QED) is 0.618. The Kier molecular flexibility index (Phi) is 5.08. The molecule has 0 atom stereocenters. The molecule has 142 valence electrons. The summed E-state index contributed by atoms with van der Waals surface area (Å²) in [6.45, 7) is 5.39. The van der Waals surface area contributed by atoms with Crippen molar-refractivity contribution in [1.82, 2.24) is 10.2 Å². The molecule has 4 amide bonds. The maximum absolute atomic E-state index is 12.7. The van der Waals surface area contributed by atoms with Crippen LogP contribution in [0.1, 0.15) is 47.0 Å². The van der Waals surface area contributed by atoms with E-state index in [9.17, 15) is 19.2 Å². The van der Waals surface area contributed by atoms with Gasteiger partial charge in [0.25, 0.3) is 23.6 Å². The van der Waals surface area contributed by atoms with Crippen molar-refractivity contribution in [2.24, 2.45) is 0 Å². The standard InChI is InChI=1S/C21H19N3O4/c1-4-10-24-20(27)15-9-8-13(11-16(15)21(24)28)18(25)23-17-7-5-6-14(12(17)2)19(26)22-3/h4-9,11H,1,10H2,2-3H3,(H,22,26)(H,23,25). The number of benzene rings is 2. The second-order valence-electron chi connectivity index (χ2n) is 6.28. The lowest BCUT2D eigenvalue weighted by Crippen LogP contribution is -2.29. The third-order valence-electron chi connectivity index (χ3n) is 4.60. The average Bonchev–Trinajstić information content (AvgIpc) is 2.93. The van der Waals surface area contributed by atoms with E-state index in [-0.39, 0.29) is 29.1 Å². The normalized spacial score (nSPS) is 12.6. The largest absolute Gasteiger partial charge is 0.355 e. The number of fused-ring (bicyclic) bond motifs is 1. The van der Waals surface area contributed by atoms with E-state index in [0.29, 0.717) is 16.8 Å². The number of imide groups is 1. The molecular weight excluding hydrogens is 358 g/mol. The Morgan fingerprint density at radius 1 is 1.07 bits per heavy atom. The van der Waals surface area contributed by atoms with Crippen LogP contribution in [0.4, 0.5) is 5.69 Å². The third-order valence-corrected chi connectivity index (χ3v) is 4.60. The first kappa shape index (κ1) is 19.0. The lowest BCUT2D eigenvalue weighted by molar-refractivity contribution is 0.0671. The number of carbonyl (C=O) groups excluding carboxylic acids is 4. The summed E-state index contributed by atoms with van der Waals surface area (Å²) in [5.41, 5.74) is 2.26. The number of hydrogen-bond donors (Lipinski definition) is 2. The summed E-state index contributed by atoms with van der Waals surface area (Å²) in [4.78, 5) is 50.4. The van der Waals surface area contributed by atoms with Gasteiger partial charge in [0.05, 0.1) is 11.1 Å². The second-order valence-corrected chi connectivity index (χ2v) is 6.28. The van der Waals surface area contributed by atoms with Gasteiger partial charge >= 0.3 is 0 Å². The molecule has 0 unspecified atom stereocenters. The van der Waals surface area contributed by atoms with Gasteiger partial charge in [0.2, 0.25) is 0 Å². The maximum atomic E-state index is 12.7. The van der Waals surface area contributed by atoms with Crippen LogP contribution in [0, 0.1) is 6.92 Å². The lowest BCUT2D eigenvalue weighted by atomic mass is 10.0. The molecule has 0 spiro atoms. The Hall–Kier alpha value is -3.74. The molecule has 7 nitrogen and oxygen atoms in total. The third kappa shape index (κ3) is 3.18. The van der Waals surface area contributed by atoms with Crippen molar-refractivity contribution in [3.05, 3.63) is 76.9 Å². The molecule has 2 aromatic carbocycles. The molecule has 2 N–H and O–H groups in total. The second kappa shape index (κ2) is 7.48. The van der Waals surface area contributed by atoms with Crippen LogP contribution in [-0.2, 0) is 0 Å². The van der Waals surface area contributed by atoms with Gasteiger partial charge in [-0.05, 0) is 42.8 Å². The highest BCUT2D eigenvalue weighted by Crippen LogP contribution is 2.25. The van der Waals surface area contributed by atoms with Crippen molar-refractivity contribution in [2.75, 3.05) is 18.9 Å². The van der Waals surface area contributed by atoms with Gasteiger partial charge in [0.15, 0.2) is 0 Å². The fourth-order valence-electron chi connectivity index (χ4n) is 3.07. The van der Waals surface area contributed by atoms with Gasteiger partial charge in [-0.25, -0.2) is 0 Å². The summed E-state index contributed by atoms with van der Waals surface area (Å²) in [7, 11) is 1.53. The molecule has 1 heterocycles. The van der Waals surface area contributed by atoms with E-state index in [1.807, 2.05) is 0 Å². The molecule has 0 bridgehead atoms. The number of nitrogens with zero attached hydrogens (tertiary/aromatic N) is 1. The van der Waals surface area contributed by atoms with Crippen LogP contribution in [0.3, 0.4) is 0 Å². The monoisotopic (exact) mass is 377 g/mol. The first-order chi connectivity index (χ1) is 13.4. The molecule has 0 aliphatic carbocycles. The zero-order valence-corrected chi connectivity index (χ0v) is 15.5. The van der Waals surface area contributed by atoms with Gasteiger partial charge in [0.1, 0.15) is 0 Å². The van der Waals surface area contributed by atoms with E-state index in [4.69, 9.17) is 0 Å². The van der Waals surface area contributed by atoms with Crippen LogP contribution >= 0.6 is 0 Å². The van der Waals surface area contributed by atoms with E-state index in [0.717, 1.165) is 4.90 Å². The fourth-order valence-corrected chi connectivity index (χ4v) is 3.07. The molecule has 1 aliphatic rings. The van der Waals surface area contributed by atoms with Crippen LogP contribution in [0.15, 0.2) is 49.1 Å². The number of rotatable bonds is 5. The average molecular weight is 377 g/mol. The minimum atomic E-state index is -0.452. The van der Waals surface area contributed by atoms with Gasteiger partial charge < -0.3 is 10.6 Å². The van der Waals surface area contributed by atoms with Gasteiger partial charge in [-0.3, -0.25) is 24.1 Å². The molecule has 0 saturated carbocycles. The van der Waals surface area contributed by atoms with Crippen LogP contribution < -0.4 is 10.6 Å². The molecule has 2 aromatic rings. The molecular formula is C21H19N3O4. The number of anilines is 1. The zero-order valence-electron chi connectivity index (χ0n) is 15.5. The van der Waals surface area contributed by atoms with E-state index < -0.39 is 17.7 Å². The van der Waals surface area contributed by atoms with Crippen molar-refractivity contribution in [2.45, 2.75) is 6.92 Å². The highest BCUT2D eigenvalue weighted by atomic mass is 16.2. The Bertz CT molecular complexity index is 1030. The highest BCUT2D eigenvalue weighted by molar-refractivity contribution is 6.22. The van der Waals surface area contributed by atoms with Crippen molar-refractivity contribution in [1.29, 1.82) is 0 Å². The summed E-state index contributed by atoms with van der Waals surface area (Å²) < 4.78 is 0. The Balaban J connectivity index is 1.88. The minimum absolute atomic E-state index is 0.110.